The molecule has 0 atom stereocenters. The molecule has 2 aromatic rings. The number of hydrogen-bond donors (Lipinski definition) is 2. The van der Waals surface area contributed by atoms with Gasteiger partial charge in [-0.2, -0.15) is 0 Å². The van der Waals surface area contributed by atoms with E-state index in [2.05, 4.69) is 32.2 Å². The van der Waals surface area contributed by atoms with E-state index in [0.717, 1.165) is 16.6 Å². The van der Waals surface area contributed by atoms with Crippen molar-refractivity contribution < 1.29 is 4.79 Å². The first-order valence-electron chi connectivity index (χ1n) is 7.50. The van der Waals surface area contributed by atoms with Gasteiger partial charge in [0.15, 0.2) is 0 Å². The molecule has 0 spiro atoms. The third-order valence-electron chi connectivity index (χ3n) is 4.81. The van der Waals surface area contributed by atoms with E-state index >= 15 is 0 Å². The van der Waals surface area contributed by atoms with Gasteiger partial charge in [0.05, 0.1) is 5.69 Å². The summed E-state index contributed by atoms with van der Waals surface area (Å²) < 4.78 is 1.09. The van der Waals surface area contributed by atoms with E-state index in [-0.39, 0.29) is 5.91 Å². The number of hydrogen-bond acceptors (Lipinski definition) is 3. The molecule has 0 saturated heterocycles. The summed E-state index contributed by atoms with van der Waals surface area (Å²) in [6.45, 7) is 7.27. The summed E-state index contributed by atoms with van der Waals surface area (Å²) in [5, 5.41) is 4.08. The number of aryl methyl sites for hydroxylation is 1. The van der Waals surface area contributed by atoms with Crippen LogP contribution in [0.15, 0.2) is 18.2 Å². The molecular weight excluding hydrogens is 280 g/mol. The van der Waals surface area contributed by atoms with E-state index in [1.54, 1.807) is 0 Å². The number of carbonyl (C=O) groups is 1. The van der Waals surface area contributed by atoms with Gasteiger partial charge in [-0.1, -0.05) is 26.0 Å². The fraction of sp³-hybridized carbons (Fsp3) is 0.471. The second-order valence-electron chi connectivity index (χ2n) is 6.54. The fourth-order valence-electron chi connectivity index (χ4n) is 2.85. The van der Waals surface area contributed by atoms with E-state index in [1.807, 2.05) is 12.1 Å². The molecule has 1 aliphatic carbocycles. The minimum atomic E-state index is -0.0294. The van der Waals surface area contributed by atoms with Gasteiger partial charge in [0, 0.05) is 16.6 Å². The van der Waals surface area contributed by atoms with E-state index in [1.165, 1.54) is 29.7 Å². The summed E-state index contributed by atoms with van der Waals surface area (Å²) in [5.41, 5.74) is 8.27. The molecule has 4 heteroatoms. The van der Waals surface area contributed by atoms with Gasteiger partial charge in [-0.3, -0.25) is 4.79 Å². The Kier molecular flexibility index (Phi) is 3.44. The Balaban J connectivity index is 1.80. The number of nitrogens with two attached hydrogens (primary N) is 1. The highest BCUT2D eigenvalue weighted by Crippen LogP contribution is 2.51. The lowest BCUT2D eigenvalue weighted by atomic mass is 9.92. The zero-order valence-corrected chi connectivity index (χ0v) is 13.6. The Morgan fingerprint density at radius 3 is 2.76 bits per heavy atom. The van der Waals surface area contributed by atoms with Crippen LogP contribution < -0.4 is 11.1 Å². The van der Waals surface area contributed by atoms with Crippen LogP contribution in [0.4, 0.5) is 5.69 Å². The van der Waals surface area contributed by atoms with Crippen molar-refractivity contribution in [3.63, 3.8) is 0 Å². The lowest BCUT2D eigenvalue weighted by molar-refractivity contribution is 0.0944. The van der Waals surface area contributed by atoms with Crippen molar-refractivity contribution in [3.05, 3.63) is 28.6 Å². The third kappa shape index (κ3) is 2.53. The smallest absolute Gasteiger partial charge is 0.263 e. The van der Waals surface area contributed by atoms with E-state index in [9.17, 15) is 4.79 Å². The zero-order chi connectivity index (χ0) is 15.2. The molecule has 1 aromatic heterocycles. The van der Waals surface area contributed by atoms with Crippen LogP contribution in [-0.4, -0.2) is 12.5 Å². The SMILES string of the molecule is Cc1ccc2c(N)c(C(=O)NCC3(C(C)C)CC3)sc2c1. The monoisotopic (exact) mass is 302 g/mol. The largest absolute Gasteiger partial charge is 0.397 e. The first-order valence-corrected chi connectivity index (χ1v) is 8.31. The number of nitrogens with one attached hydrogen (secondary N) is 1. The highest BCUT2D eigenvalue weighted by atomic mass is 32.1. The molecule has 3 N–H and O–H groups in total. The Labute approximate surface area is 129 Å². The van der Waals surface area contributed by atoms with Crippen molar-refractivity contribution >= 4 is 33.0 Å². The Hall–Kier alpha value is -1.55. The zero-order valence-electron chi connectivity index (χ0n) is 12.8. The maximum absolute atomic E-state index is 12.4. The van der Waals surface area contributed by atoms with Crippen LogP contribution >= 0.6 is 11.3 Å². The molecule has 1 aliphatic rings. The average molecular weight is 302 g/mol. The molecule has 112 valence electrons. The number of fused-ring (bicyclic) bond motifs is 1. The molecule has 0 aliphatic heterocycles. The van der Waals surface area contributed by atoms with Gasteiger partial charge in [-0.05, 0) is 42.7 Å². The molecule has 1 aromatic carbocycles. The normalized spacial score (nSPS) is 16.4. The molecule has 1 saturated carbocycles. The van der Waals surface area contributed by atoms with Crippen LogP contribution in [0.1, 0.15) is 41.9 Å². The number of thiophene rings is 1. The summed E-state index contributed by atoms with van der Waals surface area (Å²) in [6, 6.07) is 6.12. The second kappa shape index (κ2) is 5.02. The molecular formula is C17H22N2OS. The van der Waals surface area contributed by atoms with E-state index in [4.69, 9.17) is 5.73 Å². The van der Waals surface area contributed by atoms with Crippen molar-refractivity contribution in [2.45, 2.75) is 33.6 Å². The predicted molar refractivity (Wildman–Crippen MR) is 89.8 cm³/mol. The third-order valence-corrected chi connectivity index (χ3v) is 5.98. The standard InChI is InChI=1S/C17H22N2OS/c1-10(2)17(6-7-17)9-19-16(20)15-14(18)12-5-4-11(3)8-13(12)21-15/h4-5,8,10H,6-7,9,18H2,1-3H3,(H,19,20). The van der Waals surface area contributed by atoms with Crippen LogP contribution in [0.3, 0.4) is 0 Å². The van der Waals surface area contributed by atoms with Crippen LogP contribution in [0.25, 0.3) is 10.1 Å². The van der Waals surface area contributed by atoms with Gasteiger partial charge in [-0.25, -0.2) is 0 Å². The number of benzene rings is 1. The first kappa shape index (κ1) is 14.4. The molecule has 21 heavy (non-hydrogen) atoms. The summed E-state index contributed by atoms with van der Waals surface area (Å²) in [7, 11) is 0. The minimum Gasteiger partial charge on any atom is -0.397 e. The van der Waals surface area contributed by atoms with Crippen molar-refractivity contribution in [1.29, 1.82) is 0 Å². The Morgan fingerprint density at radius 2 is 2.14 bits per heavy atom. The van der Waals surface area contributed by atoms with E-state index in [0.29, 0.717) is 21.9 Å². The number of carbonyl (C=O) groups excluding carboxylic acids is 1. The Morgan fingerprint density at radius 1 is 1.43 bits per heavy atom. The molecule has 3 nitrogen and oxygen atoms in total. The molecule has 1 heterocycles. The molecule has 0 unspecified atom stereocenters. The predicted octanol–water partition coefficient (Wildman–Crippen LogP) is 3.96. The second-order valence-corrected chi connectivity index (χ2v) is 7.60. The molecule has 1 fully saturated rings. The van der Waals surface area contributed by atoms with Crippen molar-refractivity contribution in [3.8, 4) is 0 Å². The highest BCUT2D eigenvalue weighted by Gasteiger charge is 2.45. The molecule has 0 radical (unpaired) electrons. The van der Waals surface area contributed by atoms with Gasteiger partial charge in [0.1, 0.15) is 4.88 Å². The average Bonchev–Trinajstić information content (AvgIpc) is 3.17. The minimum absolute atomic E-state index is 0.0294. The quantitative estimate of drug-likeness (QED) is 0.898. The summed E-state index contributed by atoms with van der Waals surface area (Å²) in [5.74, 6) is 0.582. The van der Waals surface area contributed by atoms with Gasteiger partial charge in [-0.15, -0.1) is 11.3 Å². The lowest BCUT2D eigenvalue weighted by Crippen LogP contribution is -2.32. The van der Waals surface area contributed by atoms with Crippen LogP contribution in [0.5, 0.6) is 0 Å². The fourth-order valence-corrected chi connectivity index (χ4v) is 3.99. The number of rotatable bonds is 4. The molecule has 3 rings (SSSR count). The number of anilines is 1. The summed E-state index contributed by atoms with van der Waals surface area (Å²) in [4.78, 5) is 13.1. The van der Waals surface area contributed by atoms with Crippen molar-refractivity contribution in [2.24, 2.45) is 11.3 Å². The molecule has 0 bridgehead atoms. The first-order chi connectivity index (χ1) is 9.93. The van der Waals surface area contributed by atoms with Gasteiger partial charge >= 0.3 is 0 Å². The van der Waals surface area contributed by atoms with Gasteiger partial charge in [0.2, 0.25) is 0 Å². The summed E-state index contributed by atoms with van der Waals surface area (Å²) in [6.07, 6.45) is 2.43. The maximum Gasteiger partial charge on any atom is 0.263 e. The van der Waals surface area contributed by atoms with Crippen LogP contribution in [0, 0.1) is 18.3 Å². The van der Waals surface area contributed by atoms with Gasteiger partial charge < -0.3 is 11.1 Å². The summed E-state index contributed by atoms with van der Waals surface area (Å²) >= 11 is 1.49. The maximum atomic E-state index is 12.4. The topological polar surface area (TPSA) is 55.1 Å². The Bertz CT molecular complexity index is 698. The molecule has 1 amide bonds. The van der Waals surface area contributed by atoms with Gasteiger partial charge in [0.25, 0.3) is 5.91 Å². The number of nitrogen functional groups attached to an aromatic ring is 1. The van der Waals surface area contributed by atoms with Crippen molar-refractivity contribution in [2.75, 3.05) is 12.3 Å². The van der Waals surface area contributed by atoms with Crippen LogP contribution in [0.2, 0.25) is 0 Å². The van der Waals surface area contributed by atoms with E-state index < -0.39 is 0 Å². The number of amides is 1. The van der Waals surface area contributed by atoms with Crippen molar-refractivity contribution in [1.82, 2.24) is 5.32 Å². The van der Waals surface area contributed by atoms with Crippen LogP contribution in [-0.2, 0) is 0 Å². The highest BCUT2D eigenvalue weighted by molar-refractivity contribution is 7.21. The lowest BCUT2D eigenvalue weighted by Gasteiger charge is -2.19.